The lowest BCUT2D eigenvalue weighted by molar-refractivity contribution is 0.143. The van der Waals surface area contributed by atoms with Crippen molar-refractivity contribution in [3.8, 4) is 0 Å². The second-order valence-corrected chi connectivity index (χ2v) is 2.83. The Morgan fingerprint density at radius 1 is 1.36 bits per heavy atom. The molecule has 1 atom stereocenters. The summed E-state index contributed by atoms with van der Waals surface area (Å²) < 4.78 is 37.8. The minimum atomic E-state index is -2.93. The third kappa shape index (κ3) is 2.05. The Hall–Kier alpha value is -1.07. The third-order valence-corrected chi connectivity index (χ3v) is 1.90. The minimum absolute atomic E-state index is 0.0532. The van der Waals surface area contributed by atoms with Crippen LogP contribution in [0, 0.1) is 5.82 Å². The molecule has 1 aromatic rings. The Labute approximate surface area is 79.2 Å². The molecule has 0 heterocycles. The van der Waals surface area contributed by atoms with Crippen molar-refractivity contribution < 1.29 is 18.3 Å². The molecule has 1 rings (SSSR count). The van der Waals surface area contributed by atoms with Crippen molar-refractivity contribution in [2.45, 2.75) is 12.5 Å². The number of halogens is 3. The van der Waals surface area contributed by atoms with E-state index < -0.39 is 30.5 Å². The van der Waals surface area contributed by atoms with Crippen LogP contribution in [-0.2, 0) is 0 Å². The van der Waals surface area contributed by atoms with Crippen molar-refractivity contribution in [2.24, 2.45) is 5.73 Å². The van der Waals surface area contributed by atoms with Crippen LogP contribution in [0.3, 0.4) is 0 Å². The summed E-state index contributed by atoms with van der Waals surface area (Å²) >= 11 is 0. The maximum absolute atomic E-state index is 13.0. The van der Waals surface area contributed by atoms with Crippen molar-refractivity contribution in [2.75, 3.05) is 6.61 Å². The number of benzene rings is 1. The largest absolute Gasteiger partial charge is 0.394 e. The Kier molecular flexibility index (Phi) is 3.49. The zero-order valence-corrected chi connectivity index (χ0v) is 7.25. The van der Waals surface area contributed by atoms with Crippen LogP contribution < -0.4 is 5.73 Å². The second kappa shape index (κ2) is 4.43. The van der Waals surface area contributed by atoms with E-state index in [1.165, 1.54) is 12.1 Å². The Bertz CT molecular complexity index is 317. The lowest BCUT2D eigenvalue weighted by atomic mass is 10.0. The summed E-state index contributed by atoms with van der Waals surface area (Å²) in [6.07, 6.45) is -2.93. The van der Waals surface area contributed by atoms with E-state index >= 15 is 0 Å². The molecule has 0 aliphatic rings. The van der Waals surface area contributed by atoms with Crippen molar-refractivity contribution >= 4 is 0 Å². The normalized spacial score (nSPS) is 13.3. The van der Waals surface area contributed by atoms with Crippen LogP contribution in [0.5, 0.6) is 0 Å². The molecular formula is C9H10F3NO. The Balaban J connectivity index is 3.21. The number of rotatable bonds is 3. The highest BCUT2D eigenvalue weighted by Crippen LogP contribution is 2.28. The number of nitrogens with two attached hydrogens (primary N) is 1. The van der Waals surface area contributed by atoms with E-state index in [1.54, 1.807) is 0 Å². The number of aliphatic hydroxyl groups excluding tert-OH is 1. The molecule has 0 fully saturated rings. The van der Waals surface area contributed by atoms with Crippen LogP contribution in [0.2, 0.25) is 0 Å². The lowest BCUT2D eigenvalue weighted by Crippen LogP contribution is -2.17. The highest BCUT2D eigenvalue weighted by atomic mass is 19.3. The van der Waals surface area contributed by atoms with E-state index in [-0.39, 0.29) is 5.56 Å². The van der Waals surface area contributed by atoms with Crippen LogP contribution in [0.4, 0.5) is 13.2 Å². The van der Waals surface area contributed by atoms with Gasteiger partial charge in [-0.15, -0.1) is 0 Å². The van der Waals surface area contributed by atoms with Gasteiger partial charge in [-0.25, -0.2) is 13.2 Å². The van der Waals surface area contributed by atoms with Crippen LogP contribution >= 0.6 is 0 Å². The van der Waals surface area contributed by atoms with Gasteiger partial charge in [-0.3, -0.25) is 0 Å². The standard InChI is InChI=1S/C9H10F3NO/c10-6-3-1-2-5(7(13)4-14)8(6)9(11)12/h1-3,7,9,14H,4,13H2. The number of alkyl halides is 2. The molecule has 0 spiro atoms. The van der Waals surface area contributed by atoms with Crippen LogP contribution in [0.1, 0.15) is 23.6 Å². The molecule has 0 saturated heterocycles. The van der Waals surface area contributed by atoms with Crippen molar-refractivity contribution in [3.63, 3.8) is 0 Å². The van der Waals surface area contributed by atoms with Gasteiger partial charge >= 0.3 is 0 Å². The summed E-state index contributed by atoms with van der Waals surface area (Å²) in [6.45, 7) is -0.497. The summed E-state index contributed by atoms with van der Waals surface area (Å²) in [4.78, 5) is 0. The van der Waals surface area contributed by atoms with Gasteiger partial charge in [0.15, 0.2) is 0 Å². The molecule has 5 heteroatoms. The van der Waals surface area contributed by atoms with Gasteiger partial charge in [-0.05, 0) is 11.6 Å². The van der Waals surface area contributed by atoms with Gasteiger partial charge in [0, 0.05) is 0 Å². The fourth-order valence-electron chi connectivity index (χ4n) is 1.21. The van der Waals surface area contributed by atoms with Gasteiger partial charge in [0.25, 0.3) is 6.43 Å². The van der Waals surface area contributed by atoms with Crippen molar-refractivity contribution in [1.29, 1.82) is 0 Å². The number of hydrogen-bond donors (Lipinski definition) is 2. The first kappa shape index (κ1) is 11.0. The van der Waals surface area contributed by atoms with Crippen LogP contribution in [0.25, 0.3) is 0 Å². The predicted molar refractivity (Wildman–Crippen MR) is 45.4 cm³/mol. The molecule has 78 valence electrons. The first-order chi connectivity index (χ1) is 6.57. The lowest BCUT2D eigenvalue weighted by Gasteiger charge is -2.14. The third-order valence-electron chi connectivity index (χ3n) is 1.90. The summed E-state index contributed by atoms with van der Waals surface area (Å²) in [5, 5.41) is 8.69. The van der Waals surface area contributed by atoms with E-state index in [0.717, 1.165) is 6.07 Å². The first-order valence-electron chi connectivity index (χ1n) is 4.00. The van der Waals surface area contributed by atoms with Crippen molar-refractivity contribution in [3.05, 3.63) is 35.1 Å². The quantitative estimate of drug-likeness (QED) is 0.789. The topological polar surface area (TPSA) is 46.2 Å². The fourth-order valence-corrected chi connectivity index (χ4v) is 1.21. The zero-order valence-electron chi connectivity index (χ0n) is 7.25. The Morgan fingerprint density at radius 2 is 2.00 bits per heavy atom. The molecule has 14 heavy (non-hydrogen) atoms. The molecule has 0 aliphatic heterocycles. The molecule has 0 saturated carbocycles. The maximum Gasteiger partial charge on any atom is 0.266 e. The van der Waals surface area contributed by atoms with E-state index in [1.807, 2.05) is 0 Å². The second-order valence-electron chi connectivity index (χ2n) is 2.83. The summed E-state index contributed by atoms with van der Waals surface area (Å²) in [5.74, 6) is -0.999. The van der Waals surface area contributed by atoms with Gasteiger partial charge in [0.1, 0.15) is 5.82 Å². The SMILES string of the molecule is NC(CO)c1cccc(F)c1C(F)F. The zero-order chi connectivity index (χ0) is 10.7. The van der Waals surface area contributed by atoms with Gasteiger partial charge in [0.05, 0.1) is 18.2 Å². The van der Waals surface area contributed by atoms with E-state index in [4.69, 9.17) is 10.8 Å². The first-order valence-corrected chi connectivity index (χ1v) is 4.00. The minimum Gasteiger partial charge on any atom is -0.394 e. The van der Waals surface area contributed by atoms with Gasteiger partial charge in [0.2, 0.25) is 0 Å². The summed E-state index contributed by atoms with van der Waals surface area (Å²) in [7, 11) is 0. The highest BCUT2D eigenvalue weighted by Gasteiger charge is 2.21. The molecule has 0 bridgehead atoms. The summed E-state index contributed by atoms with van der Waals surface area (Å²) in [5.41, 5.74) is 4.57. The molecule has 0 radical (unpaired) electrons. The fraction of sp³-hybridized carbons (Fsp3) is 0.333. The average molecular weight is 205 g/mol. The summed E-state index contributed by atoms with van der Waals surface area (Å²) in [6, 6.07) is 2.53. The molecule has 0 aromatic heterocycles. The highest BCUT2D eigenvalue weighted by molar-refractivity contribution is 5.32. The van der Waals surface area contributed by atoms with Crippen LogP contribution in [0.15, 0.2) is 18.2 Å². The van der Waals surface area contributed by atoms with Crippen molar-refractivity contribution in [1.82, 2.24) is 0 Å². The van der Waals surface area contributed by atoms with Crippen LogP contribution in [-0.4, -0.2) is 11.7 Å². The average Bonchev–Trinajstić information content (AvgIpc) is 2.15. The van der Waals surface area contributed by atoms with Gasteiger partial charge in [-0.2, -0.15) is 0 Å². The van der Waals surface area contributed by atoms with Gasteiger partial charge in [-0.1, -0.05) is 12.1 Å². The molecule has 1 aromatic carbocycles. The molecule has 0 aliphatic carbocycles. The van der Waals surface area contributed by atoms with E-state index in [0.29, 0.717) is 0 Å². The van der Waals surface area contributed by atoms with Gasteiger partial charge < -0.3 is 10.8 Å². The Morgan fingerprint density at radius 3 is 2.50 bits per heavy atom. The monoisotopic (exact) mass is 205 g/mol. The van der Waals surface area contributed by atoms with E-state index in [2.05, 4.69) is 0 Å². The molecule has 2 nitrogen and oxygen atoms in total. The predicted octanol–water partition coefficient (Wildman–Crippen LogP) is 1.76. The number of hydrogen-bond acceptors (Lipinski definition) is 2. The molecular weight excluding hydrogens is 195 g/mol. The smallest absolute Gasteiger partial charge is 0.266 e. The molecule has 1 unspecified atom stereocenters. The number of aliphatic hydroxyl groups is 1. The maximum atomic E-state index is 13.0. The van der Waals surface area contributed by atoms with E-state index in [9.17, 15) is 13.2 Å². The molecule has 3 N–H and O–H groups in total. The molecule has 0 amide bonds.